The van der Waals surface area contributed by atoms with E-state index in [-0.39, 0.29) is 24.0 Å². The Labute approximate surface area is 165 Å². The van der Waals surface area contributed by atoms with E-state index >= 15 is 0 Å². The summed E-state index contributed by atoms with van der Waals surface area (Å²) in [7, 11) is 3.26. The van der Waals surface area contributed by atoms with Gasteiger partial charge in [0.2, 0.25) is 0 Å². The van der Waals surface area contributed by atoms with Crippen LogP contribution >= 0.6 is 24.0 Å². The van der Waals surface area contributed by atoms with Crippen LogP contribution < -0.4 is 20.5 Å². The number of nitrogens with zero attached hydrogens (tertiary/aromatic N) is 3. The van der Waals surface area contributed by atoms with E-state index in [1.807, 2.05) is 29.0 Å². The molecule has 1 aromatic heterocycles. The number of methoxy groups -OCH3 is 2. The fraction of sp³-hybridized carbons (Fsp3) is 0.412. The molecule has 0 saturated carbocycles. The molecule has 0 unspecified atom stereocenters. The van der Waals surface area contributed by atoms with Crippen LogP contribution in [0.5, 0.6) is 11.5 Å². The summed E-state index contributed by atoms with van der Waals surface area (Å²) in [6, 6.07) is 5.89. The Morgan fingerprint density at radius 3 is 2.76 bits per heavy atom. The molecule has 3 N–H and O–H groups in total. The summed E-state index contributed by atoms with van der Waals surface area (Å²) in [5.41, 5.74) is 7.02. The van der Waals surface area contributed by atoms with E-state index < -0.39 is 0 Å². The first-order valence-corrected chi connectivity index (χ1v) is 7.93. The summed E-state index contributed by atoms with van der Waals surface area (Å²) in [5, 5.41) is 3.13. The normalized spacial score (nSPS) is 10.9. The molecule has 0 fully saturated rings. The lowest BCUT2D eigenvalue weighted by atomic mass is 10.1. The number of rotatable bonds is 9. The molecule has 2 aromatic rings. The highest BCUT2D eigenvalue weighted by Crippen LogP contribution is 2.27. The number of benzene rings is 1. The summed E-state index contributed by atoms with van der Waals surface area (Å²) in [5.74, 6) is 1.94. The molecular formula is C17H26IN5O2. The van der Waals surface area contributed by atoms with Crippen molar-refractivity contribution >= 4 is 29.9 Å². The Hall–Kier alpha value is -1.97. The molecule has 138 valence electrons. The molecule has 1 heterocycles. The van der Waals surface area contributed by atoms with Gasteiger partial charge in [0.25, 0.3) is 0 Å². The van der Waals surface area contributed by atoms with E-state index in [0.29, 0.717) is 19.0 Å². The van der Waals surface area contributed by atoms with Crippen molar-refractivity contribution in [3.8, 4) is 11.5 Å². The molecule has 8 heteroatoms. The Morgan fingerprint density at radius 2 is 2.08 bits per heavy atom. The van der Waals surface area contributed by atoms with Crippen molar-refractivity contribution in [1.29, 1.82) is 0 Å². The van der Waals surface area contributed by atoms with Gasteiger partial charge in [-0.3, -0.25) is 4.99 Å². The van der Waals surface area contributed by atoms with Gasteiger partial charge in [-0.1, -0.05) is 6.07 Å². The molecule has 0 aliphatic rings. The smallest absolute Gasteiger partial charge is 0.188 e. The zero-order valence-electron chi connectivity index (χ0n) is 14.6. The van der Waals surface area contributed by atoms with Crippen molar-refractivity contribution in [1.82, 2.24) is 14.9 Å². The van der Waals surface area contributed by atoms with E-state index in [1.54, 1.807) is 26.7 Å². The lowest BCUT2D eigenvalue weighted by Gasteiger charge is -2.10. The van der Waals surface area contributed by atoms with Crippen LogP contribution in [0.1, 0.15) is 12.0 Å². The number of imidazole rings is 1. The number of hydrogen-bond donors (Lipinski definition) is 2. The third kappa shape index (κ3) is 7.20. The number of halogens is 1. The zero-order valence-corrected chi connectivity index (χ0v) is 17.0. The SMILES string of the molecule is COc1ccc(CCNC(N)=NCCCn2ccnc2)cc1OC.I. The van der Waals surface area contributed by atoms with Gasteiger partial charge < -0.3 is 25.1 Å². The van der Waals surface area contributed by atoms with Crippen molar-refractivity contribution in [2.45, 2.75) is 19.4 Å². The maximum atomic E-state index is 5.87. The number of aliphatic imine (C=N–C) groups is 1. The van der Waals surface area contributed by atoms with Crippen LogP contribution in [0.2, 0.25) is 0 Å². The van der Waals surface area contributed by atoms with E-state index in [1.165, 1.54) is 0 Å². The zero-order chi connectivity index (χ0) is 17.2. The van der Waals surface area contributed by atoms with E-state index in [4.69, 9.17) is 15.2 Å². The minimum atomic E-state index is 0. The quantitative estimate of drug-likeness (QED) is 0.260. The molecular weight excluding hydrogens is 433 g/mol. The standard InChI is InChI=1S/C17H25N5O2.HI/c1-23-15-5-4-14(12-16(15)24-2)6-8-21-17(18)20-7-3-10-22-11-9-19-13-22;/h4-5,9,11-13H,3,6-8,10H2,1-2H3,(H3,18,20,21);1H. The molecule has 0 spiro atoms. The molecule has 0 saturated heterocycles. The van der Waals surface area contributed by atoms with Crippen molar-refractivity contribution in [3.05, 3.63) is 42.5 Å². The second-order valence-electron chi connectivity index (χ2n) is 5.29. The lowest BCUT2D eigenvalue weighted by Crippen LogP contribution is -2.33. The highest BCUT2D eigenvalue weighted by atomic mass is 127. The summed E-state index contributed by atoms with van der Waals surface area (Å²) >= 11 is 0. The van der Waals surface area contributed by atoms with Gasteiger partial charge in [-0.15, -0.1) is 24.0 Å². The van der Waals surface area contributed by atoms with Gasteiger partial charge in [0.05, 0.1) is 20.5 Å². The maximum Gasteiger partial charge on any atom is 0.188 e. The molecule has 2 rings (SSSR count). The van der Waals surface area contributed by atoms with Gasteiger partial charge in [0.15, 0.2) is 17.5 Å². The van der Waals surface area contributed by atoms with Gasteiger partial charge in [0.1, 0.15) is 0 Å². The fourth-order valence-corrected chi connectivity index (χ4v) is 2.30. The number of hydrogen-bond acceptors (Lipinski definition) is 4. The monoisotopic (exact) mass is 459 g/mol. The van der Waals surface area contributed by atoms with Gasteiger partial charge >= 0.3 is 0 Å². The number of nitrogens with two attached hydrogens (primary N) is 1. The molecule has 0 radical (unpaired) electrons. The minimum absolute atomic E-state index is 0. The first kappa shape index (κ1) is 21.1. The van der Waals surface area contributed by atoms with Crippen LogP contribution in [0, 0.1) is 0 Å². The van der Waals surface area contributed by atoms with Crippen LogP contribution in [0.3, 0.4) is 0 Å². The van der Waals surface area contributed by atoms with E-state index in [2.05, 4.69) is 15.3 Å². The second kappa shape index (κ2) is 11.6. The molecule has 1 aromatic carbocycles. The van der Waals surface area contributed by atoms with Crippen molar-refractivity contribution in [2.75, 3.05) is 27.3 Å². The summed E-state index contributed by atoms with van der Waals surface area (Å²) < 4.78 is 12.6. The molecule has 0 atom stereocenters. The van der Waals surface area contributed by atoms with Crippen LogP contribution in [-0.4, -0.2) is 42.8 Å². The van der Waals surface area contributed by atoms with Crippen molar-refractivity contribution in [3.63, 3.8) is 0 Å². The third-order valence-electron chi connectivity index (χ3n) is 3.58. The molecule has 0 bridgehead atoms. The molecule has 7 nitrogen and oxygen atoms in total. The lowest BCUT2D eigenvalue weighted by molar-refractivity contribution is 0.354. The largest absolute Gasteiger partial charge is 0.493 e. The molecule has 0 aliphatic heterocycles. The van der Waals surface area contributed by atoms with Gasteiger partial charge in [-0.05, 0) is 30.5 Å². The first-order chi connectivity index (χ1) is 11.7. The van der Waals surface area contributed by atoms with Crippen molar-refractivity contribution < 1.29 is 9.47 Å². The van der Waals surface area contributed by atoms with Crippen LogP contribution in [-0.2, 0) is 13.0 Å². The van der Waals surface area contributed by atoms with Crippen molar-refractivity contribution in [2.24, 2.45) is 10.7 Å². The summed E-state index contributed by atoms with van der Waals surface area (Å²) in [6.07, 6.45) is 7.26. The summed E-state index contributed by atoms with van der Waals surface area (Å²) in [6.45, 7) is 2.29. The first-order valence-electron chi connectivity index (χ1n) is 7.93. The number of ether oxygens (including phenoxy) is 2. The number of aromatic nitrogens is 2. The number of aryl methyl sites for hydroxylation is 1. The van der Waals surface area contributed by atoms with E-state index in [0.717, 1.165) is 36.4 Å². The van der Waals surface area contributed by atoms with Crippen LogP contribution in [0.15, 0.2) is 41.9 Å². The Morgan fingerprint density at radius 1 is 1.28 bits per heavy atom. The van der Waals surface area contributed by atoms with Crippen LogP contribution in [0.4, 0.5) is 0 Å². The predicted molar refractivity (Wildman–Crippen MR) is 110 cm³/mol. The van der Waals surface area contributed by atoms with Crippen LogP contribution in [0.25, 0.3) is 0 Å². The highest BCUT2D eigenvalue weighted by Gasteiger charge is 2.04. The highest BCUT2D eigenvalue weighted by molar-refractivity contribution is 14.0. The number of guanidine groups is 1. The fourth-order valence-electron chi connectivity index (χ4n) is 2.30. The molecule has 0 amide bonds. The topological polar surface area (TPSA) is 86.7 Å². The molecule has 0 aliphatic carbocycles. The molecule has 25 heavy (non-hydrogen) atoms. The second-order valence-corrected chi connectivity index (χ2v) is 5.29. The van der Waals surface area contributed by atoms with Gasteiger partial charge in [-0.2, -0.15) is 0 Å². The van der Waals surface area contributed by atoms with E-state index in [9.17, 15) is 0 Å². The van der Waals surface area contributed by atoms with Gasteiger partial charge in [-0.25, -0.2) is 4.98 Å². The Balaban J connectivity index is 0.00000312. The predicted octanol–water partition coefficient (Wildman–Crippen LogP) is 2.06. The Bertz CT molecular complexity index is 646. The average Bonchev–Trinajstić information content (AvgIpc) is 3.12. The average molecular weight is 459 g/mol. The third-order valence-corrected chi connectivity index (χ3v) is 3.58. The Kier molecular flexibility index (Phi) is 9.75. The minimum Gasteiger partial charge on any atom is -0.493 e. The number of nitrogens with one attached hydrogen (secondary N) is 1. The van der Waals surface area contributed by atoms with Gasteiger partial charge in [0, 0.05) is 32.0 Å². The summed E-state index contributed by atoms with van der Waals surface area (Å²) in [4.78, 5) is 8.32. The maximum absolute atomic E-state index is 5.87.